The summed E-state index contributed by atoms with van der Waals surface area (Å²) in [4.78, 5) is 13.2. The minimum absolute atomic E-state index is 0.00760. The number of carbonyl (C=O) groups is 1. The van der Waals surface area contributed by atoms with Crippen molar-refractivity contribution < 1.29 is 13.2 Å². The molecule has 168 valence electrons. The van der Waals surface area contributed by atoms with Gasteiger partial charge in [-0.25, -0.2) is 8.42 Å². The van der Waals surface area contributed by atoms with Gasteiger partial charge >= 0.3 is 0 Å². The van der Waals surface area contributed by atoms with Crippen LogP contribution in [-0.2, 0) is 20.2 Å². The summed E-state index contributed by atoms with van der Waals surface area (Å²) in [7, 11) is -3.59. The number of aryl methyl sites for hydroxylation is 1. The van der Waals surface area contributed by atoms with Gasteiger partial charge in [-0.1, -0.05) is 61.9 Å². The molecule has 0 saturated carbocycles. The van der Waals surface area contributed by atoms with Crippen LogP contribution in [0.2, 0.25) is 0 Å². The van der Waals surface area contributed by atoms with Crippen LogP contribution < -0.4 is 5.32 Å². The first-order valence-electron chi connectivity index (χ1n) is 11.0. The van der Waals surface area contributed by atoms with E-state index in [1.165, 1.54) is 9.87 Å². The Kier molecular flexibility index (Phi) is 7.22. The summed E-state index contributed by atoms with van der Waals surface area (Å²) in [5.74, 6) is -0.378. The van der Waals surface area contributed by atoms with Crippen molar-refractivity contribution in [2.45, 2.75) is 63.3 Å². The maximum absolute atomic E-state index is 13.0. The standard InChI is InChI=1S/C25H34N2O3S/c1-19-12-14-23(15-13-19)31(29,30)27-16-8-9-21(18-27)24(28)26-20(2)17-25(3,4)22-10-6-5-7-11-22/h5-7,10-15,20-21H,8-9,16-18H2,1-4H3,(H,26,28)/t20-,21+/m0/s1. The average molecular weight is 443 g/mol. The molecule has 0 unspecified atom stereocenters. The van der Waals surface area contributed by atoms with Gasteiger partial charge in [0.1, 0.15) is 0 Å². The Morgan fingerprint density at radius 2 is 1.77 bits per heavy atom. The first-order valence-corrected chi connectivity index (χ1v) is 12.5. The molecule has 2 atom stereocenters. The van der Waals surface area contributed by atoms with Crippen molar-refractivity contribution in [2.75, 3.05) is 13.1 Å². The van der Waals surface area contributed by atoms with Gasteiger partial charge in [-0.15, -0.1) is 0 Å². The minimum atomic E-state index is -3.59. The molecule has 1 heterocycles. The van der Waals surface area contributed by atoms with Crippen LogP contribution in [0.5, 0.6) is 0 Å². The Morgan fingerprint density at radius 3 is 2.42 bits per heavy atom. The molecule has 5 nitrogen and oxygen atoms in total. The van der Waals surface area contributed by atoms with E-state index < -0.39 is 10.0 Å². The van der Waals surface area contributed by atoms with Gasteiger partial charge in [0.05, 0.1) is 10.8 Å². The lowest BCUT2D eigenvalue weighted by molar-refractivity contribution is -0.126. The first-order chi connectivity index (χ1) is 14.6. The van der Waals surface area contributed by atoms with Gasteiger partial charge in [0.15, 0.2) is 0 Å². The lowest BCUT2D eigenvalue weighted by atomic mass is 9.79. The predicted molar refractivity (Wildman–Crippen MR) is 124 cm³/mol. The highest BCUT2D eigenvalue weighted by Crippen LogP contribution is 2.29. The summed E-state index contributed by atoms with van der Waals surface area (Å²) in [6.07, 6.45) is 2.20. The molecule has 1 saturated heterocycles. The summed E-state index contributed by atoms with van der Waals surface area (Å²) >= 11 is 0. The van der Waals surface area contributed by atoms with Gasteiger partial charge in [0, 0.05) is 19.1 Å². The van der Waals surface area contributed by atoms with Crippen LogP contribution in [0.4, 0.5) is 0 Å². The molecule has 0 spiro atoms. The number of piperidine rings is 1. The monoisotopic (exact) mass is 442 g/mol. The highest BCUT2D eigenvalue weighted by Gasteiger charge is 2.34. The van der Waals surface area contributed by atoms with Crippen molar-refractivity contribution in [3.63, 3.8) is 0 Å². The van der Waals surface area contributed by atoms with Gasteiger partial charge in [0.25, 0.3) is 0 Å². The number of carbonyl (C=O) groups excluding carboxylic acids is 1. The Bertz CT molecular complexity index is 985. The Labute approximate surface area is 186 Å². The maximum Gasteiger partial charge on any atom is 0.243 e. The molecule has 0 bridgehead atoms. The molecule has 1 fully saturated rings. The summed E-state index contributed by atoms with van der Waals surface area (Å²) in [5, 5.41) is 3.13. The molecule has 2 aromatic carbocycles. The highest BCUT2D eigenvalue weighted by atomic mass is 32.2. The molecule has 1 aliphatic heterocycles. The molecule has 3 rings (SSSR count). The van der Waals surface area contributed by atoms with Crippen LogP contribution in [0, 0.1) is 12.8 Å². The van der Waals surface area contributed by atoms with E-state index in [0.29, 0.717) is 19.4 Å². The lowest BCUT2D eigenvalue weighted by Crippen LogP contribution is -2.47. The molecular formula is C25H34N2O3S. The van der Waals surface area contributed by atoms with Crippen molar-refractivity contribution in [1.82, 2.24) is 9.62 Å². The third-order valence-corrected chi connectivity index (χ3v) is 8.05. The topological polar surface area (TPSA) is 66.5 Å². The summed E-state index contributed by atoms with van der Waals surface area (Å²) in [5.41, 5.74) is 2.19. The molecule has 0 radical (unpaired) electrons. The normalized spacial score (nSPS) is 19.0. The Hall–Kier alpha value is -2.18. The smallest absolute Gasteiger partial charge is 0.243 e. The largest absolute Gasteiger partial charge is 0.353 e. The fourth-order valence-electron chi connectivity index (χ4n) is 4.42. The van der Waals surface area contributed by atoms with E-state index in [0.717, 1.165) is 12.0 Å². The number of hydrogen-bond acceptors (Lipinski definition) is 3. The van der Waals surface area contributed by atoms with Crippen LogP contribution in [0.25, 0.3) is 0 Å². The van der Waals surface area contributed by atoms with E-state index in [1.54, 1.807) is 24.3 Å². The third kappa shape index (κ3) is 5.74. The van der Waals surface area contributed by atoms with Crippen LogP contribution in [-0.4, -0.2) is 37.8 Å². The summed E-state index contributed by atoms with van der Waals surface area (Å²) in [6, 6.07) is 17.2. The van der Waals surface area contributed by atoms with E-state index >= 15 is 0 Å². The SMILES string of the molecule is Cc1ccc(S(=O)(=O)N2CCC[C@@H](C(=O)N[C@@H](C)CC(C)(C)c3ccccc3)C2)cc1. The van der Waals surface area contributed by atoms with E-state index in [-0.39, 0.29) is 34.7 Å². The van der Waals surface area contributed by atoms with Crippen LogP contribution in [0.15, 0.2) is 59.5 Å². The summed E-state index contributed by atoms with van der Waals surface area (Å²) in [6.45, 7) is 9.00. The zero-order chi connectivity index (χ0) is 22.6. The van der Waals surface area contributed by atoms with Gasteiger partial charge in [-0.2, -0.15) is 4.31 Å². The predicted octanol–water partition coefficient (Wildman–Crippen LogP) is 4.27. The second-order valence-electron chi connectivity index (χ2n) is 9.38. The first kappa shape index (κ1) is 23.5. The van der Waals surface area contributed by atoms with Crippen molar-refractivity contribution >= 4 is 15.9 Å². The van der Waals surface area contributed by atoms with Gasteiger partial charge in [0.2, 0.25) is 15.9 Å². The molecule has 1 amide bonds. The number of amides is 1. The quantitative estimate of drug-likeness (QED) is 0.696. The molecule has 0 aliphatic carbocycles. The molecular weight excluding hydrogens is 408 g/mol. The number of rotatable bonds is 7. The fourth-order valence-corrected chi connectivity index (χ4v) is 5.94. The highest BCUT2D eigenvalue weighted by molar-refractivity contribution is 7.89. The molecule has 2 aromatic rings. The van der Waals surface area contributed by atoms with E-state index in [4.69, 9.17) is 0 Å². The zero-order valence-electron chi connectivity index (χ0n) is 19.0. The lowest BCUT2D eigenvalue weighted by Gasteiger charge is -2.33. The molecule has 31 heavy (non-hydrogen) atoms. The minimum Gasteiger partial charge on any atom is -0.353 e. The number of hydrogen-bond donors (Lipinski definition) is 1. The molecule has 1 N–H and O–H groups in total. The van der Waals surface area contributed by atoms with Gasteiger partial charge in [-0.05, 0) is 56.2 Å². The van der Waals surface area contributed by atoms with Crippen LogP contribution in [0.3, 0.4) is 0 Å². The van der Waals surface area contributed by atoms with Crippen molar-refractivity contribution in [2.24, 2.45) is 5.92 Å². The van der Waals surface area contributed by atoms with Crippen molar-refractivity contribution in [3.8, 4) is 0 Å². The second kappa shape index (κ2) is 9.53. The van der Waals surface area contributed by atoms with Crippen molar-refractivity contribution in [3.05, 3.63) is 65.7 Å². The van der Waals surface area contributed by atoms with Gasteiger partial charge < -0.3 is 5.32 Å². The summed E-state index contributed by atoms with van der Waals surface area (Å²) < 4.78 is 27.5. The maximum atomic E-state index is 13.0. The fraction of sp³-hybridized carbons (Fsp3) is 0.480. The Balaban J connectivity index is 1.62. The third-order valence-electron chi connectivity index (χ3n) is 6.17. The molecule has 0 aromatic heterocycles. The second-order valence-corrected chi connectivity index (χ2v) is 11.3. The van der Waals surface area contributed by atoms with Crippen LogP contribution >= 0.6 is 0 Å². The molecule has 1 aliphatic rings. The van der Waals surface area contributed by atoms with E-state index in [9.17, 15) is 13.2 Å². The molecule has 6 heteroatoms. The number of sulfonamides is 1. The van der Waals surface area contributed by atoms with Crippen LogP contribution in [0.1, 0.15) is 51.2 Å². The zero-order valence-corrected chi connectivity index (χ0v) is 19.8. The van der Waals surface area contributed by atoms with Crippen molar-refractivity contribution in [1.29, 1.82) is 0 Å². The average Bonchev–Trinajstić information content (AvgIpc) is 2.74. The van der Waals surface area contributed by atoms with E-state index in [2.05, 4.69) is 31.3 Å². The number of nitrogens with zero attached hydrogens (tertiary/aromatic N) is 1. The number of nitrogens with one attached hydrogen (secondary N) is 1. The van der Waals surface area contributed by atoms with E-state index in [1.807, 2.05) is 32.0 Å². The Morgan fingerprint density at radius 1 is 1.13 bits per heavy atom. The number of benzene rings is 2. The van der Waals surface area contributed by atoms with Gasteiger partial charge in [-0.3, -0.25) is 4.79 Å².